The molecule has 1 aliphatic heterocycles. The molecule has 2 heterocycles. The van der Waals surface area contributed by atoms with Crippen molar-refractivity contribution in [2.75, 3.05) is 11.9 Å². The minimum atomic E-state index is 0.926. The molecular formula is C13H14N2O. The molecule has 0 aliphatic carbocycles. The number of rotatable bonds is 1. The average molecular weight is 214 g/mol. The predicted octanol–water partition coefficient (Wildman–Crippen LogP) is 2.87. The Balaban J connectivity index is 2.21. The quantitative estimate of drug-likeness (QED) is 0.793. The third-order valence-electron chi connectivity index (χ3n) is 3.09. The normalized spacial score (nSPS) is 13.6. The van der Waals surface area contributed by atoms with Crippen LogP contribution in [0.5, 0.6) is 0 Å². The molecule has 0 fully saturated rings. The van der Waals surface area contributed by atoms with Crippen LogP contribution in [0.15, 0.2) is 28.9 Å². The summed E-state index contributed by atoms with van der Waals surface area (Å²) in [6.45, 7) is 3.10. The van der Waals surface area contributed by atoms with Crippen molar-refractivity contribution in [3.8, 4) is 11.3 Å². The number of aromatic nitrogens is 1. The Morgan fingerprint density at radius 2 is 2.38 bits per heavy atom. The Morgan fingerprint density at radius 1 is 1.44 bits per heavy atom. The van der Waals surface area contributed by atoms with E-state index in [2.05, 4.69) is 35.6 Å². The van der Waals surface area contributed by atoms with Crippen LogP contribution in [0, 0.1) is 0 Å². The van der Waals surface area contributed by atoms with Crippen molar-refractivity contribution in [2.24, 2.45) is 0 Å². The van der Waals surface area contributed by atoms with Crippen LogP contribution in [0.2, 0.25) is 0 Å². The number of nitrogens with one attached hydrogen (secondary N) is 1. The zero-order valence-electron chi connectivity index (χ0n) is 9.29. The van der Waals surface area contributed by atoms with Gasteiger partial charge in [-0.05, 0) is 30.5 Å². The molecule has 0 unspecified atom stereocenters. The molecule has 0 amide bonds. The van der Waals surface area contributed by atoms with Gasteiger partial charge in [0.25, 0.3) is 0 Å². The maximum Gasteiger partial charge on any atom is 0.172 e. The molecule has 0 spiro atoms. The highest BCUT2D eigenvalue weighted by Gasteiger charge is 2.18. The molecule has 1 aromatic heterocycles. The van der Waals surface area contributed by atoms with Crippen LogP contribution in [-0.2, 0) is 12.8 Å². The fourth-order valence-corrected chi connectivity index (χ4v) is 2.15. The second-order valence-corrected chi connectivity index (χ2v) is 4.09. The fraction of sp³-hybridized carbons (Fsp3) is 0.308. The zero-order chi connectivity index (χ0) is 11.0. The van der Waals surface area contributed by atoms with E-state index in [4.69, 9.17) is 4.52 Å². The van der Waals surface area contributed by atoms with Crippen LogP contribution in [0.4, 0.5) is 5.69 Å². The Hall–Kier alpha value is -1.77. The highest BCUT2D eigenvalue weighted by molar-refractivity contribution is 5.78. The van der Waals surface area contributed by atoms with Gasteiger partial charge in [0.05, 0.1) is 6.20 Å². The summed E-state index contributed by atoms with van der Waals surface area (Å²) in [5, 5.41) is 7.32. The molecule has 0 saturated carbocycles. The number of benzene rings is 1. The maximum atomic E-state index is 5.37. The first-order chi connectivity index (χ1) is 7.88. The van der Waals surface area contributed by atoms with Gasteiger partial charge in [0.15, 0.2) is 5.76 Å². The van der Waals surface area contributed by atoms with Gasteiger partial charge in [-0.3, -0.25) is 0 Å². The molecule has 0 saturated heterocycles. The monoisotopic (exact) mass is 214 g/mol. The van der Waals surface area contributed by atoms with Crippen molar-refractivity contribution in [3.05, 3.63) is 35.5 Å². The lowest BCUT2D eigenvalue weighted by molar-refractivity contribution is 0.432. The Labute approximate surface area is 94.5 Å². The highest BCUT2D eigenvalue weighted by Crippen LogP contribution is 2.34. The van der Waals surface area contributed by atoms with E-state index in [-0.39, 0.29) is 0 Å². The first-order valence-corrected chi connectivity index (χ1v) is 5.69. The maximum absolute atomic E-state index is 5.37. The van der Waals surface area contributed by atoms with Gasteiger partial charge in [0.1, 0.15) is 0 Å². The van der Waals surface area contributed by atoms with Gasteiger partial charge >= 0.3 is 0 Å². The van der Waals surface area contributed by atoms with E-state index in [0.717, 1.165) is 36.4 Å². The van der Waals surface area contributed by atoms with Gasteiger partial charge in [-0.25, -0.2) is 0 Å². The van der Waals surface area contributed by atoms with Gasteiger partial charge in [0.2, 0.25) is 0 Å². The molecule has 16 heavy (non-hydrogen) atoms. The number of anilines is 1. The molecule has 1 aromatic carbocycles. The van der Waals surface area contributed by atoms with Gasteiger partial charge < -0.3 is 9.84 Å². The van der Waals surface area contributed by atoms with Crippen molar-refractivity contribution in [1.29, 1.82) is 0 Å². The molecule has 3 heteroatoms. The van der Waals surface area contributed by atoms with E-state index in [1.54, 1.807) is 0 Å². The van der Waals surface area contributed by atoms with E-state index in [9.17, 15) is 0 Å². The molecule has 0 radical (unpaired) electrons. The average Bonchev–Trinajstić information content (AvgIpc) is 2.71. The minimum absolute atomic E-state index is 0.926. The van der Waals surface area contributed by atoms with Crippen molar-refractivity contribution < 1.29 is 4.52 Å². The van der Waals surface area contributed by atoms with Gasteiger partial charge in [-0.15, -0.1) is 0 Å². The largest absolute Gasteiger partial charge is 0.384 e. The topological polar surface area (TPSA) is 38.1 Å². The number of hydrogen-bond donors (Lipinski definition) is 1. The van der Waals surface area contributed by atoms with Crippen LogP contribution < -0.4 is 5.32 Å². The van der Waals surface area contributed by atoms with Crippen LogP contribution in [-0.4, -0.2) is 11.7 Å². The van der Waals surface area contributed by atoms with E-state index in [1.165, 1.54) is 11.1 Å². The number of hydrogen-bond acceptors (Lipinski definition) is 3. The number of nitrogens with zero attached hydrogens (tertiary/aromatic N) is 1. The first kappa shape index (κ1) is 9.46. The van der Waals surface area contributed by atoms with Crippen molar-refractivity contribution in [3.63, 3.8) is 0 Å². The Bertz CT molecular complexity index is 516. The SMILES string of the molecule is CCc1ccc2c(c1)-c1oncc1CCN2. The standard InChI is InChI=1S/C13H14N2O/c1-2-9-3-4-12-11(7-9)13-10(5-6-14-12)8-15-16-13/h3-4,7-8,14H,2,5-6H2,1H3. The lowest BCUT2D eigenvalue weighted by Gasteiger charge is -2.08. The van der Waals surface area contributed by atoms with E-state index in [1.807, 2.05) is 6.20 Å². The molecule has 0 atom stereocenters. The third kappa shape index (κ3) is 1.40. The van der Waals surface area contributed by atoms with Gasteiger partial charge in [-0.2, -0.15) is 0 Å². The third-order valence-corrected chi connectivity index (χ3v) is 3.09. The van der Waals surface area contributed by atoms with Gasteiger partial charge in [-0.1, -0.05) is 18.1 Å². The lowest BCUT2D eigenvalue weighted by atomic mass is 10.0. The molecule has 0 bridgehead atoms. The molecular weight excluding hydrogens is 200 g/mol. The summed E-state index contributed by atoms with van der Waals surface area (Å²) in [5.74, 6) is 0.926. The van der Waals surface area contributed by atoms with Gasteiger partial charge in [0, 0.05) is 23.4 Å². The van der Waals surface area contributed by atoms with Crippen LogP contribution in [0.25, 0.3) is 11.3 Å². The summed E-state index contributed by atoms with van der Waals surface area (Å²) in [6, 6.07) is 6.48. The second-order valence-electron chi connectivity index (χ2n) is 4.09. The smallest absolute Gasteiger partial charge is 0.172 e. The summed E-state index contributed by atoms with van der Waals surface area (Å²) in [7, 11) is 0. The van der Waals surface area contributed by atoms with Crippen LogP contribution >= 0.6 is 0 Å². The zero-order valence-corrected chi connectivity index (χ0v) is 9.29. The Kier molecular flexibility index (Phi) is 2.17. The molecule has 82 valence electrons. The molecule has 3 nitrogen and oxygen atoms in total. The summed E-state index contributed by atoms with van der Waals surface area (Å²) in [4.78, 5) is 0. The van der Waals surface area contributed by atoms with Crippen molar-refractivity contribution >= 4 is 5.69 Å². The molecule has 1 aliphatic rings. The predicted molar refractivity (Wildman–Crippen MR) is 63.5 cm³/mol. The van der Waals surface area contributed by atoms with E-state index in [0.29, 0.717) is 0 Å². The summed E-state index contributed by atoms with van der Waals surface area (Å²) >= 11 is 0. The summed E-state index contributed by atoms with van der Waals surface area (Å²) < 4.78 is 5.37. The molecule has 1 N–H and O–H groups in total. The number of fused-ring (bicyclic) bond motifs is 3. The fourth-order valence-electron chi connectivity index (χ4n) is 2.15. The lowest BCUT2D eigenvalue weighted by Crippen LogP contribution is -2.02. The van der Waals surface area contributed by atoms with Crippen LogP contribution in [0.3, 0.4) is 0 Å². The minimum Gasteiger partial charge on any atom is -0.384 e. The first-order valence-electron chi connectivity index (χ1n) is 5.69. The summed E-state index contributed by atoms with van der Waals surface area (Å²) in [5.41, 5.74) is 4.81. The number of aryl methyl sites for hydroxylation is 1. The van der Waals surface area contributed by atoms with Crippen molar-refractivity contribution in [1.82, 2.24) is 5.16 Å². The van der Waals surface area contributed by atoms with Crippen molar-refractivity contribution in [2.45, 2.75) is 19.8 Å². The highest BCUT2D eigenvalue weighted by atomic mass is 16.5. The Morgan fingerprint density at radius 3 is 3.25 bits per heavy atom. The molecule has 3 rings (SSSR count). The van der Waals surface area contributed by atoms with E-state index >= 15 is 0 Å². The van der Waals surface area contributed by atoms with Crippen LogP contribution in [0.1, 0.15) is 18.1 Å². The second kappa shape index (κ2) is 3.67. The van der Waals surface area contributed by atoms with E-state index < -0.39 is 0 Å². The molecule has 2 aromatic rings. The summed E-state index contributed by atoms with van der Waals surface area (Å²) in [6.07, 6.45) is 3.83.